The van der Waals surface area contributed by atoms with Crippen LogP contribution in [0.25, 0.3) is 11.3 Å². The summed E-state index contributed by atoms with van der Waals surface area (Å²) in [6.45, 7) is 1.91. The summed E-state index contributed by atoms with van der Waals surface area (Å²) in [6.07, 6.45) is -3.66. The lowest BCUT2D eigenvalue weighted by Crippen LogP contribution is -2.48. The van der Waals surface area contributed by atoms with Crippen LogP contribution in [0.3, 0.4) is 0 Å². The first-order valence-electron chi connectivity index (χ1n) is 9.02. The molecule has 30 heavy (non-hydrogen) atoms. The number of rotatable bonds is 4. The first kappa shape index (κ1) is 21.3. The van der Waals surface area contributed by atoms with Crippen molar-refractivity contribution in [1.82, 2.24) is 15.5 Å². The van der Waals surface area contributed by atoms with Crippen molar-refractivity contribution in [3.63, 3.8) is 0 Å². The van der Waals surface area contributed by atoms with Crippen LogP contribution in [0.5, 0.6) is 5.75 Å². The largest absolute Gasteiger partial charge is 0.507 e. The predicted octanol–water partition coefficient (Wildman–Crippen LogP) is 2.67. The number of benzene rings is 1. The number of phenolic OH excluding ortho intramolecular Hbond substituents is 1. The van der Waals surface area contributed by atoms with Gasteiger partial charge in [-0.2, -0.15) is 18.4 Å². The number of hydrogen-bond acceptors (Lipinski definition) is 7. The first-order valence-corrected chi connectivity index (χ1v) is 9.02. The molecule has 0 saturated carbocycles. The van der Waals surface area contributed by atoms with Crippen molar-refractivity contribution in [2.75, 3.05) is 11.9 Å². The summed E-state index contributed by atoms with van der Waals surface area (Å²) in [5.41, 5.74) is -0.398. The van der Waals surface area contributed by atoms with Gasteiger partial charge in [0.1, 0.15) is 29.1 Å². The van der Waals surface area contributed by atoms with Crippen LogP contribution in [-0.4, -0.2) is 45.0 Å². The maximum Gasteiger partial charge on any atom is 0.416 e. The third-order valence-corrected chi connectivity index (χ3v) is 4.96. The van der Waals surface area contributed by atoms with Crippen molar-refractivity contribution in [2.45, 2.75) is 38.0 Å². The van der Waals surface area contributed by atoms with E-state index in [2.05, 4.69) is 20.8 Å². The average Bonchev–Trinajstić information content (AvgIpc) is 2.68. The van der Waals surface area contributed by atoms with Crippen molar-refractivity contribution >= 4 is 11.8 Å². The van der Waals surface area contributed by atoms with E-state index < -0.39 is 29.5 Å². The van der Waals surface area contributed by atoms with Gasteiger partial charge in [-0.1, -0.05) is 0 Å². The molecule has 11 heteroatoms. The van der Waals surface area contributed by atoms with Gasteiger partial charge in [0.2, 0.25) is 0 Å². The molecule has 1 aromatic heterocycles. The summed E-state index contributed by atoms with van der Waals surface area (Å²) in [5, 5.41) is 42.6. The van der Waals surface area contributed by atoms with Crippen molar-refractivity contribution in [3.05, 3.63) is 34.9 Å². The lowest BCUT2D eigenvalue weighted by Gasteiger charge is -2.28. The zero-order valence-corrected chi connectivity index (χ0v) is 15.8. The van der Waals surface area contributed by atoms with Crippen LogP contribution in [0.1, 0.15) is 29.5 Å². The van der Waals surface area contributed by atoms with E-state index in [1.165, 1.54) is 0 Å². The zero-order chi connectivity index (χ0) is 22.1. The number of alkyl halides is 3. The van der Waals surface area contributed by atoms with Crippen molar-refractivity contribution in [1.29, 1.82) is 5.26 Å². The number of aliphatic carboxylic acids is 1. The molecule has 1 aromatic carbocycles. The molecule has 0 amide bonds. The zero-order valence-electron chi connectivity index (χ0n) is 15.8. The third-order valence-electron chi connectivity index (χ3n) is 4.96. The summed E-state index contributed by atoms with van der Waals surface area (Å²) in [7, 11) is 0. The van der Waals surface area contributed by atoms with Gasteiger partial charge in [-0.3, -0.25) is 4.79 Å². The number of anilines is 1. The highest BCUT2D eigenvalue weighted by Crippen LogP contribution is 2.37. The maximum atomic E-state index is 12.8. The summed E-state index contributed by atoms with van der Waals surface area (Å²) in [6, 6.07) is 3.70. The molecule has 0 aliphatic carbocycles. The number of halogens is 3. The molecule has 0 bridgehead atoms. The van der Waals surface area contributed by atoms with Gasteiger partial charge < -0.3 is 20.8 Å². The van der Waals surface area contributed by atoms with E-state index in [0.29, 0.717) is 31.0 Å². The Morgan fingerprint density at radius 1 is 1.33 bits per heavy atom. The number of aromatic hydroxyl groups is 1. The quantitative estimate of drug-likeness (QED) is 0.593. The lowest BCUT2D eigenvalue weighted by molar-refractivity contribution is -0.140. The number of nitrogens with zero attached hydrogens (tertiary/aromatic N) is 3. The van der Waals surface area contributed by atoms with Gasteiger partial charge in [-0.05, 0) is 43.5 Å². The third kappa shape index (κ3) is 4.28. The fraction of sp³-hybridized carbons (Fsp3) is 0.368. The predicted molar refractivity (Wildman–Crippen MR) is 99.7 cm³/mol. The van der Waals surface area contributed by atoms with Gasteiger partial charge in [0.05, 0.1) is 5.56 Å². The monoisotopic (exact) mass is 421 g/mol. The fourth-order valence-corrected chi connectivity index (χ4v) is 3.31. The summed E-state index contributed by atoms with van der Waals surface area (Å²) >= 11 is 0. The molecule has 0 radical (unpaired) electrons. The molecular formula is C19H18F3N5O3. The van der Waals surface area contributed by atoms with Crippen molar-refractivity contribution in [3.8, 4) is 23.1 Å². The molecule has 1 fully saturated rings. The molecule has 3 rings (SSSR count). The van der Waals surface area contributed by atoms with Gasteiger partial charge in [-0.25, -0.2) is 0 Å². The number of carboxylic acid groups (broad SMARTS) is 1. The highest BCUT2D eigenvalue weighted by Gasteiger charge is 2.32. The van der Waals surface area contributed by atoms with E-state index in [9.17, 15) is 28.3 Å². The number of piperidine rings is 1. The Kier molecular flexibility index (Phi) is 5.80. The van der Waals surface area contributed by atoms with Crippen molar-refractivity contribution in [2.24, 2.45) is 0 Å². The van der Waals surface area contributed by atoms with E-state index in [1.807, 2.05) is 6.07 Å². The number of carboxylic acids is 1. The molecule has 158 valence electrons. The highest BCUT2D eigenvalue weighted by atomic mass is 19.4. The van der Waals surface area contributed by atoms with Crippen LogP contribution in [0.15, 0.2) is 18.2 Å². The van der Waals surface area contributed by atoms with Gasteiger partial charge in [0.25, 0.3) is 0 Å². The van der Waals surface area contributed by atoms with Gasteiger partial charge >= 0.3 is 12.1 Å². The lowest BCUT2D eigenvalue weighted by atomic mass is 9.99. The van der Waals surface area contributed by atoms with Crippen LogP contribution in [0, 0.1) is 18.3 Å². The SMILES string of the molecule is Cc1c(-c2ccc(C(F)(F)F)cc2O)nnc(N[C@@H]2CC[C@@H](C(=O)O)NC2)c1C#N. The van der Waals surface area contributed by atoms with Crippen LogP contribution in [-0.2, 0) is 11.0 Å². The molecule has 0 unspecified atom stereocenters. The minimum Gasteiger partial charge on any atom is -0.507 e. The fourth-order valence-electron chi connectivity index (χ4n) is 3.31. The Labute approximate surface area is 169 Å². The molecular weight excluding hydrogens is 403 g/mol. The van der Waals surface area contributed by atoms with Crippen LogP contribution < -0.4 is 10.6 Å². The second kappa shape index (κ2) is 8.16. The normalized spacial score (nSPS) is 19.2. The summed E-state index contributed by atoms with van der Waals surface area (Å²) in [5.74, 6) is -1.36. The van der Waals surface area contributed by atoms with E-state index in [0.717, 1.165) is 12.1 Å². The van der Waals surface area contributed by atoms with Crippen LogP contribution in [0.4, 0.5) is 19.0 Å². The van der Waals surface area contributed by atoms with Crippen LogP contribution >= 0.6 is 0 Å². The smallest absolute Gasteiger partial charge is 0.416 e. The Hall–Kier alpha value is -3.39. The molecule has 4 N–H and O–H groups in total. The average molecular weight is 421 g/mol. The van der Waals surface area contributed by atoms with Gasteiger partial charge in [-0.15, -0.1) is 10.2 Å². The first-order chi connectivity index (χ1) is 14.1. The Morgan fingerprint density at radius 3 is 2.60 bits per heavy atom. The Balaban J connectivity index is 1.87. The number of nitriles is 1. The number of nitrogens with one attached hydrogen (secondary N) is 2. The standard InChI is InChI=1S/C19H18F3N5O3/c1-9-13(7-23)17(25-11-3-5-14(18(29)30)24-8-11)27-26-16(9)12-4-2-10(6-15(12)28)19(20,21)22/h2,4,6,11,14,24,28H,3,5,8H2,1H3,(H,25,27)(H,29,30)/t11-,14+/m1/s1. The maximum absolute atomic E-state index is 12.8. The van der Waals surface area contributed by atoms with E-state index in [-0.39, 0.29) is 28.7 Å². The van der Waals surface area contributed by atoms with Crippen LogP contribution in [0.2, 0.25) is 0 Å². The molecule has 8 nitrogen and oxygen atoms in total. The molecule has 2 atom stereocenters. The minimum atomic E-state index is -4.60. The topological polar surface area (TPSA) is 131 Å². The number of carbonyl (C=O) groups is 1. The Morgan fingerprint density at radius 2 is 2.07 bits per heavy atom. The molecule has 1 aliphatic heterocycles. The summed E-state index contributed by atoms with van der Waals surface area (Å²) < 4.78 is 38.4. The number of aromatic nitrogens is 2. The number of phenols is 1. The molecule has 1 saturated heterocycles. The number of hydrogen-bond donors (Lipinski definition) is 4. The molecule has 2 heterocycles. The second-order valence-electron chi connectivity index (χ2n) is 6.96. The van der Waals surface area contributed by atoms with Crippen molar-refractivity contribution < 1.29 is 28.2 Å². The van der Waals surface area contributed by atoms with E-state index in [4.69, 9.17) is 5.11 Å². The van der Waals surface area contributed by atoms with Gasteiger partial charge in [0.15, 0.2) is 5.82 Å². The van der Waals surface area contributed by atoms with E-state index >= 15 is 0 Å². The minimum absolute atomic E-state index is 0.0275. The van der Waals surface area contributed by atoms with Gasteiger partial charge in [0, 0.05) is 18.2 Å². The molecule has 2 aromatic rings. The van der Waals surface area contributed by atoms with E-state index in [1.54, 1.807) is 6.92 Å². The highest BCUT2D eigenvalue weighted by molar-refractivity contribution is 5.74. The second-order valence-corrected chi connectivity index (χ2v) is 6.96. The summed E-state index contributed by atoms with van der Waals surface area (Å²) in [4.78, 5) is 11.0. The molecule has 0 spiro atoms. The molecule has 1 aliphatic rings. The Bertz CT molecular complexity index is 1010.